The summed E-state index contributed by atoms with van der Waals surface area (Å²) in [5.74, 6) is 1.49. The van der Waals surface area contributed by atoms with Gasteiger partial charge in [-0.15, -0.1) is 0 Å². The van der Waals surface area contributed by atoms with Gasteiger partial charge in [0.25, 0.3) is 0 Å². The fourth-order valence-corrected chi connectivity index (χ4v) is 6.79. The van der Waals surface area contributed by atoms with E-state index in [1.807, 2.05) is 6.07 Å². The number of hydrogen-bond donors (Lipinski definition) is 2. The number of benzene rings is 1. The van der Waals surface area contributed by atoms with Crippen LogP contribution < -0.4 is 10.2 Å². The van der Waals surface area contributed by atoms with Gasteiger partial charge in [0.1, 0.15) is 0 Å². The summed E-state index contributed by atoms with van der Waals surface area (Å²) in [5.41, 5.74) is 0.569. The highest BCUT2D eigenvalue weighted by Gasteiger charge is 2.57. The summed E-state index contributed by atoms with van der Waals surface area (Å²) < 4.78 is 0. The molecule has 4 aliphatic carbocycles. The maximum atomic E-state index is 13.1. The lowest BCUT2D eigenvalue weighted by atomic mass is 9.51. The number of nitrogens with zero attached hydrogens (tertiary/aromatic N) is 1. The molecule has 2 unspecified atom stereocenters. The molecule has 140 valence electrons. The minimum Gasteiger partial charge on any atom is -0.390 e. The minimum absolute atomic E-state index is 0.0617. The average Bonchev–Trinajstić information content (AvgIpc) is 2.60. The van der Waals surface area contributed by atoms with Gasteiger partial charge in [0, 0.05) is 24.3 Å². The quantitative estimate of drug-likeness (QED) is 0.877. The Morgan fingerprint density at radius 1 is 1.12 bits per heavy atom. The fraction of sp³-hybridized carbons (Fsp3) is 0.682. The molecular weight excluding hydrogens is 324 g/mol. The van der Waals surface area contributed by atoms with Crippen LogP contribution in [0.4, 0.5) is 5.69 Å². The molecule has 4 bridgehead atoms. The van der Waals surface area contributed by atoms with Crippen LogP contribution >= 0.6 is 0 Å². The van der Waals surface area contributed by atoms with Gasteiger partial charge in [-0.05, 0) is 75.3 Å². The summed E-state index contributed by atoms with van der Waals surface area (Å²) in [5, 5.41) is 14.4. The number of piperidine rings is 1. The van der Waals surface area contributed by atoms with Crippen molar-refractivity contribution in [3.05, 3.63) is 30.3 Å². The Hall–Kier alpha value is -1.55. The van der Waals surface area contributed by atoms with Crippen molar-refractivity contribution in [1.29, 1.82) is 0 Å². The third-order valence-corrected chi connectivity index (χ3v) is 7.33. The predicted octanol–water partition coefficient (Wildman–Crippen LogP) is 3.10. The molecule has 4 nitrogen and oxygen atoms in total. The Bertz CT molecular complexity index is 675. The van der Waals surface area contributed by atoms with Gasteiger partial charge in [0.15, 0.2) is 0 Å². The summed E-state index contributed by atoms with van der Waals surface area (Å²) in [6.45, 7) is 1.84. The van der Waals surface area contributed by atoms with Crippen molar-refractivity contribution in [2.75, 3.05) is 18.0 Å². The van der Waals surface area contributed by atoms with Crippen molar-refractivity contribution < 1.29 is 9.90 Å². The monoisotopic (exact) mass is 354 g/mol. The van der Waals surface area contributed by atoms with E-state index in [1.165, 1.54) is 12.1 Å². The van der Waals surface area contributed by atoms with E-state index in [4.69, 9.17) is 0 Å². The van der Waals surface area contributed by atoms with Gasteiger partial charge in [-0.1, -0.05) is 18.2 Å². The lowest BCUT2D eigenvalue weighted by Crippen LogP contribution is -2.66. The van der Waals surface area contributed by atoms with Gasteiger partial charge < -0.3 is 15.3 Å². The van der Waals surface area contributed by atoms with Crippen molar-refractivity contribution >= 4 is 11.6 Å². The van der Waals surface area contributed by atoms with Gasteiger partial charge in [0.05, 0.1) is 11.5 Å². The number of para-hydroxylation sites is 1. The first kappa shape index (κ1) is 16.6. The zero-order valence-electron chi connectivity index (χ0n) is 15.5. The van der Waals surface area contributed by atoms with Gasteiger partial charge in [0.2, 0.25) is 5.91 Å². The number of carbonyl (C=O) groups excluding carboxylic acids is 1. The Morgan fingerprint density at radius 3 is 2.54 bits per heavy atom. The Balaban J connectivity index is 1.28. The molecule has 5 fully saturated rings. The van der Waals surface area contributed by atoms with Gasteiger partial charge in [-0.3, -0.25) is 4.79 Å². The van der Waals surface area contributed by atoms with E-state index in [0.29, 0.717) is 11.8 Å². The van der Waals surface area contributed by atoms with Crippen LogP contribution in [0, 0.1) is 17.8 Å². The number of aliphatic hydroxyl groups is 1. The molecule has 1 aromatic carbocycles. The van der Waals surface area contributed by atoms with Crippen molar-refractivity contribution in [1.82, 2.24) is 5.32 Å². The van der Waals surface area contributed by atoms with Crippen molar-refractivity contribution in [2.24, 2.45) is 17.8 Å². The molecule has 1 saturated heterocycles. The van der Waals surface area contributed by atoms with E-state index in [2.05, 4.69) is 34.5 Å². The molecule has 4 saturated carbocycles. The van der Waals surface area contributed by atoms with Crippen molar-refractivity contribution in [3.8, 4) is 0 Å². The summed E-state index contributed by atoms with van der Waals surface area (Å²) in [6.07, 6.45) is 8.12. The van der Waals surface area contributed by atoms with Crippen LogP contribution in [-0.4, -0.2) is 35.2 Å². The molecule has 3 atom stereocenters. The maximum absolute atomic E-state index is 13.1. The van der Waals surface area contributed by atoms with Crippen LogP contribution in [0.25, 0.3) is 0 Å². The van der Waals surface area contributed by atoms with E-state index in [9.17, 15) is 9.90 Å². The summed E-state index contributed by atoms with van der Waals surface area (Å²) in [7, 11) is 0. The summed E-state index contributed by atoms with van der Waals surface area (Å²) >= 11 is 0. The highest BCUT2D eigenvalue weighted by molar-refractivity contribution is 5.80. The molecule has 1 aromatic rings. The summed E-state index contributed by atoms with van der Waals surface area (Å²) in [4.78, 5) is 15.5. The highest BCUT2D eigenvalue weighted by Crippen LogP contribution is 2.57. The molecule has 1 aliphatic heterocycles. The van der Waals surface area contributed by atoms with E-state index in [0.717, 1.165) is 58.0 Å². The normalized spacial score (nSPS) is 41.3. The third kappa shape index (κ3) is 2.92. The molecule has 1 heterocycles. The molecule has 5 aliphatic rings. The molecule has 0 radical (unpaired) electrons. The molecule has 2 N–H and O–H groups in total. The Labute approximate surface area is 156 Å². The number of nitrogens with one attached hydrogen (secondary N) is 1. The van der Waals surface area contributed by atoms with Crippen molar-refractivity contribution in [2.45, 2.75) is 62.5 Å². The molecule has 1 amide bonds. The second-order valence-electron chi connectivity index (χ2n) is 9.58. The largest absolute Gasteiger partial charge is 0.390 e. The average molecular weight is 354 g/mol. The zero-order valence-corrected chi connectivity index (χ0v) is 15.5. The van der Waals surface area contributed by atoms with Crippen LogP contribution in [0.15, 0.2) is 30.3 Å². The van der Waals surface area contributed by atoms with Crippen LogP contribution in [-0.2, 0) is 4.79 Å². The number of anilines is 1. The fourth-order valence-electron chi connectivity index (χ4n) is 6.79. The smallest absolute Gasteiger partial charge is 0.225 e. The second kappa shape index (κ2) is 5.98. The predicted molar refractivity (Wildman–Crippen MR) is 102 cm³/mol. The lowest BCUT2D eigenvalue weighted by Gasteiger charge is -2.60. The summed E-state index contributed by atoms with van der Waals surface area (Å²) in [6, 6.07) is 10.4. The zero-order chi connectivity index (χ0) is 17.8. The van der Waals surface area contributed by atoms with Gasteiger partial charge in [-0.25, -0.2) is 0 Å². The van der Waals surface area contributed by atoms with Crippen molar-refractivity contribution in [3.63, 3.8) is 0 Å². The molecule has 0 spiro atoms. The first-order valence-corrected chi connectivity index (χ1v) is 10.4. The number of amides is 1. The maximum Gasteiger partial charge on any atom is 0.225 e. The lowest BCUT2D eigenvalue weighted by molar-refractivity contribution is -0.152. The van der Waals surface area contributed by atoms with Crippen LogP contribution in [0.1, 0.15) is 51.4 Å². The van der Waals surface area contributed by atoms with Gasteiger partial charge in [-0.2, -0.15) is 0 Å². The third-order valence-electron chi connectivity index (χ3n) is 7.33. The molecule has 6 rings (SSSR count). The van der Waals surface area contributed by atoms with E-state index in [1.54, 1.807) is 0 Å². The van der Waals surface area contributed by atoms with Crippen LogP contribution in [0.3, 0.4) is 0 Å². The number of carbonyl (C=O) groups is 1. The molecule has 0 aromatic heterocycles. The highest BCUT2D eigenvalue weighted by atomic mass is 16.3. The minimum atomic E-state index is -0.514. The van der Waals surface area contributed by atoms with Crippen LogP contribution in [0.5, 0.6) is 0 Å². The molecular formula is C22H30N2O2. The number of rotatable bonds is 3. The van der Waals surface area contributed by atoms with E-state index < -0.39 is 5.60 Å². The Kier molecular flexibility index (Phi) is 3.82. The van der Waals surface area contributed by atoms with Gasteiger partial charge >= 0.3 is 0 Å². The topological polar surface area (TPSA) is 52.6 Å². The second-order valence-corrected chi connectivity index (χ2v) is 9.58. The first-order valence-electron chi connectivity index (χ1n) is 10.4. The first-order chi connectivity index (χ1) is 12.5. The van der Waals surface area contributed by atoms with E-state index >= 15 is 0 Å². The molecule has 26 heavy (non-hydrogen) atoms. The molecule has 4 heteroatoms. The van der Waals surface area contributed by atoms with E-state index in [-0.39, 0.29) is 17.4 Å². The standard InChI is InChI=1S/C22H30N2O2/c25-20(18-5-4-8-24(14-18)19-6-2-1-3-7-19)23-21-10-16-9-17(11-21)13-22(26,12-16)15-21/h1-3,6-7,16-18,26H,4-5,8-15H2,(H,23,25)/t16?,17?,18-,21?,22?/m0/s1. The number of hydrogen-bond acceptors (Lipinski definition) is 3. The SMILES string of the molecule is O=C(NC12CC3CC(CC(O)(C3)C1)C2)[C@H]1CCCN(c2ccccc2)C1. The Morgan fingerprint density at radius 2 is 1.85 bits per heavy atom. The van der Waals surface area contributed by atoms with Crippen LogP contribution in [0.2, 0.25) is 0 Å².